The Morgan fingerprint density at radius 2 is 2.21 bits per heavy atom. The van der Waals surface area contributed by atoms with Crippen LogP contribution in [0.1, 0.15) is 31.4 Å². The van der Waals surface area contributed by atoms with Crippen molar-refractivity contribution in [2.75, 3.05) is 13.2 Å². The van der Waals surface area contributed by atoms with E-state index in [1.807, 2.05) is 12.1 Å². The van der Waals surface area contributed by atoms with Gasteiger partial charge in [0.05, 0.1) is 12.5 Å². The van der Waals surface area contributed by atoms with Crippen LogP contribution in [0.15, 0.2) is 18.2 Å². The molecule has 1 rings (SSSR count). The number of nitrogens with two attached hydrogens (primary N) is 1. The van der Waals surface area contributed by atoms with Gasteiger partial charge in [-0.1, -0.05) is 31.5 Å². The maximum Gasteiger partial charge on any atom is 0.223 e. The van der Waals surface area contributed by atoms with Crippen molar-refractivity contribution in [1.29, 1.82) is 0 Å². The lowest BCUT2D eigenvalue weighted by molar-refractivity contribution is -0.122. The molecule has 1 aromatic rings. The average Bonchev–Trinajstić information content (AvgIpc) is 2.37. The summed E-state index contributed by atoms with van der Waals surface area (Å²) in [6.45, 7) is 8.03. The molecule has 0 aliphatic rings. The second kappa shape index (κ2) is 7.79. The Labute approximate surface area is 115 Å². The zero-order valence-electron chi connectivity index (χ0n) is 12.0. The van der Waals surface area contributed by atoms with Gasteiger partial charge in [-0.2, -0.15) is 0 Å². The van der Waals surface area contributed by atoms with Crippen LogP contribution >= 0.6 is 0 Å². The lowest BCUT2D eigenvalue weighted by Crippen LogP contribution is -2.26. The minimum Gasteiger partial charge on any atom is -0.492 e. The van der Waals surface area contributed by atoms with Crippen molar-refractivity contribution in [3.8, 4) is 5.75 Å². The summed E-state index contributed by atoms with van der Waals surface area (Å²) in [5, 5.41) is 3.36. The number of amides is 1. The maximum absolute atomic E-state index is 11.0. The van der Waals surface area contributed by atoms with E-state index in [1.54, 1.807) is 6.92 Å². The quantitative estimate of drug-likeness (QED) is 0.706. The Morgan fingerprint density at radius 1 is 1.47 bits per heavy atom. The Hall–Kier alpha value is -1.55. The van der Waals surface area contributed by atoms with E-state index in [1.165, 1.54) is 5.56 Å². The first-order chi connectivity index (χ1) is 9.04. The van der Waals surface area contributed by atoms with Gasteiger partial charge in [0.25, 0.3) is 0 Å². The smallest absolute Gasteiger partial charge is 0.223 e. The molecular weight excluding hydrogens is 240 g/mol. The second-order valence-corrected chi connectivity index (χ2v) is 4.90. The number of benzene rings is 1. The van der Waals surface area contributed by atoms with Crippen LogP contribution < -0.4 is 15.8 Å². The van der Waals surface area contributed by atoms with Gasteiger partial charge in [-0.3, -0.25) is 4.79 Å². The van der Waals surface area contributed by atoms with E-state index in [0.29, 0.717) is 6.61 Å². The molecule has 1 aromatic carbocycles. The normalized spacial score (nSPS) is 12.2. The fourth-order valence-electron chi connectivity index (χ4n) is 1.68. The molecule has 0 aromatic heterocycles. The van der Waals surface area contributed by atoms with E-state index in [0.717, 1.165) is 30.8 Å². The maximum atomic E-state index is 11.0. The molecule has 4 heteroatoms. The van der Waals surface area contributed by atoms with Crippen molar-refractivity contribution in [2.45, 2.75) is 33.7 Å². The van der Waals surface area contributed by atoms with Crippen LogP contribution in [0.2, 0.25) is 0 Å². The van der Waals surface area contributed by atoms with Crippen molar-refractivity contribution in [3.63, 3.8) is 0 Å². The zero-order chi connectivity index (χ0) is 14.3. The standard InChI is InChI=1S/C15H24N2O2/c1-4-7-17-9-13-8-11(2)5-6-14(13)19-10-12(3)15(16)18/h5-6,8,12,17H,4,7,9-10H2,1-3H3,(H2,16,18). The number of rotatable bonds is 8. The van der Waals surface area contributed by atoms with E-state index >= 15 is 0 Å². The molecule has 1 amide bonds. The number of nitrogens with one attached hydrogen (secondary N) is 1. The lowest BCUT2D eigenvalue weighted by atomic mass is 10.1. The monoisotopic (exact) mass is 264 g/mol. The molecular formula is C15H24N2O2. The van der Waals surface area contributed by atoms with Crippen molar-refractivity contribution in [2.24, 2.45) is 11.7 Å². The summed E-state index contributed by atoms with van der Waals surface area (Å²) in [5.41, 5.74) is 7.54. The van der Waals surface area contributed by atoms with Crippen molar-refractivity contribution < 1.29 is 9.53 Å². The molecule has 0 fully saturated rings. The van der Waals surface area contributed by atoms with Crippen molar-refractivity contribution in [1.82, 2.24) is 5.32 Å². The van der Waals surface area contributed by atoms with Crippen molar-refractivity contribution in [3.05, 3.63) is 29.3 Å². The summed E-state index contributed by atoms with van der Waals surface area (Å²) >= 11 is 0. The van der Waals surface area contributed by atoms with Gasteiger partial charge in [0.2, 0.25) is 5.91 Å². The third-order valence-electron chi connectivity index (χ3n) is 2.93. The van der Waals surface area contributed by atoms with Crippen LogP contribution in [-0.2, 0) is 11.3 Å². The molecule has 0 saturated heterocycles. The average molecular weight is 264 g/mol. The molecule has 0 aliphatic heterocycles. The van der Waals surface area contributed by atoms with E-state index in [-0.39, 0.29) is 11.8 Å². The topological polar surface area (TPSA) is 64.3 Å². The van der Waals surface area contributed by atoms with Crippen LogP contribution in [0.3, 0.4) is 0 Å². The van der Waals surface area contributed by atoms with E-state index < -0.39 is 0 Å². The van der Waals surface area contributed by atoms with Crippen LogP contribution in [0.25, 0.3) is 0 Å². The Balaban J connectivity index is 2.67. The van der Waals surface area contributed by atoms with Gasteiger partial charge in [0, 0.05) is 12.1 Å². The molecule has 19 heavy (non-hydrogen) atoms. The fraction of sp³-hybridized carbons (Fsp3) is 0.533. The molecule has 1 atom stereocenters. The molecule has 0 saturated carbocycles. The molecule has 106 valence electrons. The van der Waals surface area contributed by atoms with Crippen LogP contribution in [0.5, 0.6) is 5.75 Å². The summed E-state index contributed by atoms with van der Waals surface area (Å²) < 4.78 is 5.71. The van der Waals surface area contributed by atoms with E-state index in [9.17, 15) is 4.79 Å². The van der Waals surface area contributed by atoms with Gasteiger partial charge in [0.15, 0.2) is 0 Å². The SMILES string of the molecule is CCCNCc1cc(C)ccc1OCC(C)C(N)=O. The summed E-state index contributed by atoms with van der Waals surface area (Å²) in [4.78, 5) is 11.0. The Morgan fingerprint density at radius 3 is 2.84 bits per heavy atom. The molecule has 0 radical (unpaired) electrons. The number of carbonyl (C=O) groups is 1. The number of hydrogen-bond acceptors (Lipinski definition) is 3. The van der Waals surface area contributed by atoms with Gasteiger partial charge in [-0.05, 0) is 26.0 Å². The highest BCUT2D eigenvalue weighted by Crippen LogP contribution is 2.20. The first-order valence-corrected chi connectivity index (χ1v) is 6.77. The number of primary amides is 1. The second-order valence-electron chi connectivity index (χ2n) is 4.90. The number of hydrogen-bond donors (Lipinski definition) is 2. The van der Waals surface area contributed by atoms with Crippen LogP contribution in [-0.4, -0.2) is 19.1 Å². The lowest BCUT2D eigenvalue weighted by Gasteiger charge is -2.15. The number of carbonyl (C=O) groups excluding carboxylic acids is 1. The summed E-state index contributed by atoms with van der Waals surface area (Å²) in [7, 11) is 0. The molecule has 0 aliphatic carbocycles. The Kier molecular flexibility index (Phi) is 6.36. The van der Waals surface area contributed by atoms with Gasteiger partial charge in [-0.25, -0.2) is 0 Å². The molecule has 4 nitrogen and oxygen atoms in total. The van der Waals surface area contributed by atoms with Gasteiger partial charge in [0.1, 0.15) is 5.75 Å². The number of ether oxygens (including phenoxy) is 1. The minimum absolute atomic E-state index is 0.280. The van der Waals surface area contributed by atoms with Gasteiger partial charge in [-0.15, -0.1) is 0 Å². The molecule has 0 bridgehead atoms. The zero-order valence-corrected chi connectivity index (χ0v) is 12.0. The first kappa shape index (κ1) is 15.5. The van der Waals surface area contributed by atoms with Crippen LogP contribution in [0.4, 0.5) is 0 Å². The third kappa shape index (κ3) is 5.30. The highest BCUT2D eigenvalue weighted by molar-refractivity contribution is 5.76. The summed E-state index contributed by atoms with van der Waals surface area (Å²) in [5.74, 6) is 0.206. The van der Waals surface area contributed by atoms with Crippen molar-refractivity contribution >= 4 is 5.91 Å². The largest absolute Gasteiger partial charge is 0.492 e. The fourth-order valence-corrected chi connectivity index (χ4v) is 1.68. The number of aryl methyl sites for hydroxylation is 1. The van der Waals surface area contributed by atoms with Gasteiger partial charge < -0.3 is 15.8 Å². The molecule has 0 spiro atoms. The van der Waals surface area contributed by atoms with E-state index in [4.69, 9.17) is 10.5 Å². The summed E-state index contributed by atoms with van der Waals surface area (Å²) in [6, 6.07) is 6.06. The molecule has 0 heterocycles. The molecule has 3 N–H and O–H groups in total. The predicted molar refractivity (Wildman–Crippen MR) is 77.0 cm³/mol. The Bertz CT molecular complexity index is 419. The van der Waals surface area contributed by atoms with Gasteiger partial charge >= 0.3 is 0 Å². The first-order valence-electron chi connectivity index (χ1n) is 6.77. The summed E-state index contributed by atoms with van der Waals surface area (Å²) in [6.07, 6.45) is 1.10. The van der Waals surface area contributed by atoms with Crippen LogP contribution in [0, 0.1) is 12.8 Å². The highest BCUT2D eigenvalue weighted by atomic mass is 16.5. The minimum atomic E-state index is -0.335. The van der Waals surface area contributed by atoms with E-state index in [2.05, 4.69) is 25.2 Å². The molecule has 1 unspecified atom stereocenters. The highest BCUT2D eigenvalue weighted by Gasteiger charge is 2.11. The predicted octanol–water partition coefficient (Wildman–Crippen LogP) is 1.99. The third-order valence-corrected chi connectivity index (χ3v) is 2.93.